The minimum absolute atomic E-state index is 0.215. The molecule has 0 aromatic rings. The van der Waals surface area contributed by atoms with Crippen LogP contribution in [0.4, 0.5) is 0 Å². The summed E-state index contributed by atoms with van der Waals surface area (Å²) in [6.07, 6.45) is 3.75. The van der Waals surface area contributed by atoms with Crippen LogP contribution in [-0.4, -0.2) is 19.6 Å². The highest BCUT2D eigenvalue weighted by atomic mass is 15.0. The van der Waals surface area contributed by atoms with Crippen LogP contribution in [0.5, 0.6) is 0 Å². The second-order valence-corrected chi connectivity index (χ2v) is 4.46. The highest BCUT2D eigenvalue weighted by Gasteiger charge is 2.20. The average molecular weight is 250 g/mol. The number of hydrogen-bond donors (Lipinski definition) is 3. The quantitative estimate of drug-likeness (QED) is 0.457. The van der Waals surface area contributed by atoms with Crippen molar-refractivity contribution in [3.05, 3.63) is 35.7 Å². The Balaban J connectivity index is 5.60. The van der Waals surface area contributed by atoms with Crippen molar-refractivity contribution >= 4 is 0 Å². The van der Waals surface area contributed by atoms with E-state index in [1.165, 1.54) is 0 Å². The molecule has 102 valence electrons. The third-order valence-electron chi connectivity index (χ3n) is 2.79. The standard InChI is InChI=1S/C14H26N4/c1-7-9-12(13(10(3)4)17-8-2)14(16-6)11(5)18-15/h7,9-10,13,15-17H,1,8H2,2-6H3/b12-9+,14-11-,18-15?. The fraction of sp³-hybridized carbons (Fsp3) is 0.571. The Morgan fingerprint density at radius 1 is 1.44 bits per heavy atom. The first kappa shape index (κ1) is 16.6. The van der Waals surface area contributed by atoms with Crippen molar-refractivity contribution < 1.29 is 0 Å². The average Bonchev–Trinajstić information content (AvgIpc) is 2.35. The monoisotopic (exact) mass is 250 g/mol. The molecule has 0 rings (SSSR count). The van der Waals surface area contributed by atoms with Gasteiger partial charge in [0.2, 0.25) is 0 Å². The molecule has 0 aliphatic carbocycles. The minimum atomic E-state index is 0.215. The molecule has 0 heterocycles. The lowest BCUT2D eigenvalue weighted by Gasteiger charge is -2.27. The Morgan fingerprint density at radius 3 is 2.39 bits per heavy atom. The van der Waals surface area contributed by atoms with Crippen LogP contribution in [-0.2, 0) is 0 Å². The molecule has 0 bridgehead atoms. The van der Waals surface area contributed by atoms with Crippen molar-refractivity contribution in [3.8, 4) is 0 Å². The second kappa shape index (κ2) is 8.64. The molecule has 1 atom stereocenters. The summed E-state index contributed by atoms with van der Waals surface area (Å²) in [5.74, 6) is 0.443. The van der Waals surface area contributed by atoms with Crippen molar-refractivity contribution in [1.29, 1.82) is 5.53 Å². The third-order valence-corrected chi connectivity index (χ3v) is 2.79. The number of nitrogens with one attached hydrogen (secondary N) is 3. The Morgan fingerprint density at radius 2 is 2.06 bits per heavy atom. The fourth-order valence-corrected chi connectivity index (χ4v) is 1.98. The highest BCUT2D eigenvalue weighted by Crippen LogP contribution is 2.21. The van der Waals surface area contributed by atoms with Crippen molar-refractivity contribution in [1.82, 2.24) is 10.6 Å². The zero-order valence-corrected chi connectivity index (χ0v) is 12.2. The molecule has 0 aliphatic rings. The van der Waals surface area contributed by atoms with Gasteiger partial charge in [-0.05, 0) is 25.0 Å². The van der Waals surface area contributed by atoms with E-state index in [9.17, 15) is 0 Å². The van der Waals surface area contributed by atoms with Crippen LogP contribution in [0.3, 0.4) is 0 Å². The van der Waals surface area contributed by atoms with Gasteiger partial charge in [-0.1, -0.05) is 39.5 Å². The first-order chi connectivity index (χ1) is 8.53. The van der Waals surface area contributed by atoms with Gasteiger partial charge in [0.05, 0.1) is 11.4 Å². The molecule has 0 saturated carbocycles. The van der Waals surface area contributed by atoms with E-state index in [1.54, 1.807) is 6.08 Å². The van der Waals surface area contributed by atoms with E-state index >= 15 is 0 Å². The first-order valence-electron chi connectivity index (χ1n) is 6.35. The molecule has 4 heteroatoms. The number of hydrogen-bond acceptors (Lipinski definition) is 4. The van der Waals surface area contributed by atoms with E-state index in [0.29, 0.717) is 11.6 Å². The van der Waals surface area contributed by atoms with Crippen LogP contribution in [0.2, 0.25) is 0 Å². The lowest BCUT2D eigenvalue weighted by Crippen LogP contribution is -2.37. The molecule has 0 spiro atoms. The minimum Gasteiger partial charge on any atom is -0.386 e. The highest BCUT2D eigenvalue weighted by molar-refractivity contribution is 5.39. The van der Waals surface area contributed by atoms with E-state index in [0.717, 1.165) is 17.8 Å². The van der Waals surface area contributed by atoms with Crippen LogP contribution in [0.1, 0.15) is 27.7 Å². The zero-order valence-electron chi connectivity index (χ0n) is 12.2. The van der Waals surface area contributed by atoms with Crippen molar-refractivity contribution in [2.45, 2.75) is 33.7 Å². The van der Waals surface area contributed by atoms with Crippen molar-refractivity contribution in [2.75, 3.05) is 13.6 Å². The van der Waals surface area contributed by atoms with Crippen molar-refractivity contribution in [2.24, 2.45) is 11.0 Å². The number of likely N-dealkylation sites (N-methyl/N-ethyl adjacent to an activating group) is 2. The fourth-order valence-electron chi connectivity index (χ4n) is 1.98. The van der Waals surface area contributed by atoms with Gasteiger partial charge in [-0.25, -0.2) is 5.53 Å². The summed E-state index contributed by atoms with van der Waals surface area (Å²) in [5, 5.41) is 10.1. The SMILES string of the molecule is C=C/C=C(/C(NC)=C(\C)N=N)C(NCC)C(C)C. The van der Waals surface area contributed by atoms with E-state index in [2.05, 4.69) is 43.1 Å². The predicted molar refractivity (Wildman–Crippen MR) is 77.5 cm³/mol. The Bertz CT molecular complexity index is 340. The molecule has 0 aromatic heterocycles. The molecule has 0 amide bonds. The summed E-state index contributed by atoms with van der Waals surface area (Å²) in [6.45, 7) is 12.9. The number of allylic oxidation sites excluding steroid dienone is 3. The summed E-state index contributed by atoms with van der Waals surface area (Å²) < 4.78 is 0. The van der Waals surface area contributed by atoms with Gasteiger partial charge in [0.15, 0.2) is 0 Å². The molecular formula is C14H26N4. The van der Waals surface area contributed by atoms with Crippen LogP contribution >= 0.6 is 0 Å². The molecular weight excluding hydrogens is 224 g/mol. The van der Waals surface area contributed by atoms with Gasteiger partial charge >= 0.3 is 0 Å². The van der Waals surface area contributed by atoms with Gasteiger partial charge in [0.25, 0.3) is 0 Å². The summed E-state index contributed by atoms with van der Waals surface area (Å²) in [7, 11) is 1.85. The zero-order chi connectivity index (χ0) is 14.1. The Labute approximate surface area is 111 Å². The summed E-state index contributed by atoms with van der Waals surface area (Å²) in [4.78, 5) is 0. The largest absolute Gasteiger partial charge is 0.386 e. The van der Waals surface area contributed by atoms with Crippen LogP contribution in [0.25, 0.3) is 0 Å². The molecule has 0 aliphatic heterocycles. The maximum Gasteiger partial charge on any atom is 0.0826 e. The first-order valence-corrected chi connectivity index (χ1v) is 6.35. The number of rotatable bonds is 8. The lowest BCUT2D eigenvalue weighted by molar-refractivity contribution is 0.456. The number of nitrogens with zero attached hydrogens (tertiary/aromatic N) is 1. The van der Waals surface area contributed by atoms with Gasteiger partial charge < -0.3 is 10.6 Å². The van der Waals surface area contributed by atoms with E-state index in [4.69, 9.17) is 5.53 Å². The molecule has 3 N–H and O–H groups in total. The van der Waals surface area contributed by atoms with Gasteiger partial charge in [-0.15, -0.1) is 0 Å². The predicted octanol–water partition coefficient (Wildman–Crippen LogP) is 3.21. The third kappa shape index (κ3) is 4.45. The second-order valence-electron chi connectivity index (χ2n) is 4.46. The molecule has 4 nitrogen and oxygen atoms in total. The molecule has 18 heavy (non-hydrogen) atoms. The maximum atomic E-state index is 7.17. The van der Waals surface area contributed by atoms with E-state index in [1.807, 2.05) is 20.0 Å². The molecule has 0 fully saturated rings. The molecule has 0 radical (unpaired) electrons. The van der Waals surface area contributed by atoms with Gasteiger partial charge in [-0.3, -0.25) is 0 Å². The van der Waals surface area contributed by atoms with Gasteiger partial charge in [0, 0.05) is 13.1 Å². The van der Waals surface area contributed by atoms with Crippen molar-refractivity contribution in [3.63, 3.8) is 0 Å². The summed E-state index contributed by atoms with van der Waals surface area (Å²) in [5.41, 5.74) is 9.84. The Kier molecular flexibility index (Phi) is 7.96. The molecule has 0 saturated heterocycles. The van der Waals surface area contributed by atoms with E-state index in [-0.39, 0.29) is 6.04 Å². The van der Waals surface area contributed by atoms with Crippen LogP contribution in [0.15, 0.2) is 40.8 Å². The molecule has 0 aromatic carbocycles. The Hall–Kier alpha value is -1.42. The van der Waals surface area contributed by atoms with Crippen LogP contribution in [0, 0.1) is 11.4 Å². The molecule has 1 unspecified atom stereocenters. The smallest absolute Gasteiger partial charge is 0.0826 e. The lowest BCUT2D eigenvalue weighted by atomic mass is 9.92. The van der Waals surface area contributed by atoms with Crippen LogP contribution < -0.4 is 10.6 Å². The summed E-state index contributed by atoms with van der Waals surface area (Å²) in [6, 6.07) is 0.215. The maximum absolute atomic E-state index is 7.17. The van der Waals surface area contributed by atoms with Gasteiger partial charge in [0.1, 0.15) is 0 Å². The van der Waals surface area contributed by atoms with Gasteiger partial charge in [-0.2, -0.15) is 5.11 Å². The summed E-state index contributed by atoms with van der Waals surface area (Å²) >= 11 is 0. The topological polar surface area (TPSA) is 60.3 Å². The normalized spacial score (nSPS) is 15.1. The van der Waals surface area contributed by atoms with E-state index < -0.39 is 0 Å².